The van der Waals surface area contributed by atoms with Gasteiger partial charge in [0.15, 0.2) is 0 Å². The first-order valence-corrected chi connectivity index (χ1v) is 3.92. The first kappa shape index (κ1) is 8.02. The van der Waals surface area contributed by atoms with Crippen LogP contribution in [0.4, 0.5) is 0 Å². The maximum Gasteiger partial charge on any atom is 0.0481 e. The smallest absolute Gasteiger partial charge is 0.0481 e. The summed E-state index contributed by atoms with van der Waals surface area (Å²) in [5, 5.41) is 17.5. The molecule has 0 aromatic heterocycles. The van der Waals surface area contributed by atoms with Crippen LogP contribution in [0, 0.1) is 11.3 Å². The fourth-order valence-electron chi connectivity index (χ4n) is 1.30. The van der Waals surface area contributed by atoms with Crippen LogP contribution in [0.25, 0.3) is 0 Å². The van der Waals surface area contributed by atoms with Crippen LogP contribution in [0.5, 0.6) is 0 Å². The zero-order chi connectivity index (χ0) is 7.61. The van der Waals surface area contributed by atoms with Crippen molar-refractivity contribution in [2.24, 2.45) is 11.3 Å². The summed E-state index contributed by atoms with van der Waals surface area (Å²) in [5.41, 5.74) is 0.454. The molecule has 1 rings (SSSR count). The molecular weight excluding hydrogens is 128 g/mol. The molecule has 2 nitrogen and oxygen atoms in total. The molecule has 1 aliphatic rings. The Balaban J connectivity index is 2.21. The van der Waals surface area contributed by atoms with Gasteiger partial charge in [-0.2, -0.15) is 0 Å². The number of rotatable bonds is 4. The predicted molar refractivity (Wildman–Crippen MR) is 39.6 cm³/mol. The monoisotopic (exact) mass is 144 g/mol. The predicted octanol–water partition coefficient (Wildman–Crippen LogP) is 0.777. The van der Waals surface area contributed by atoms with Gasteiger partial charge in [-0.3, -0.25) is 0 Å². The minimum atomic E-state index is 0.118. The fraction of sp³-hybridized carbons (Fsp3) is 1.00. The molecule has 1 fully saturated rings. The van der Waals surface area contributed by atoms with Crippen LogP contribution in [-0.2, 0) is 0 Å². The quantitative estimate of drug-likeness (QED) is 0.612. The molecule has 60 valence electrons. The second-order valence-electron chi connectivity index (χ2n) is 3.75. The summed E-state index contributed by atoms with van der Waals surface area (Å²) in [5.74, 6) is 0.118. The molecule has 0 aromatic carbocycles. The van der Waals surface area contributed by atoms with Crippen LogP contribution in [0.1, 0.15) is 26.2 Å². The lowest BCUT2D eigenvalue weighted by molar-refractivity contribution is 0.128. The van der Waals surface area contributed by atoms with Crippen LogP contribution in [0.15, 0.2) is 0 Å². The van der Waals surface area contributed by atoms with Gasteiger partial charge in [0.1, 0.15) is 0 Å². The van der Waals surface area contributed by atoms with E-state index in [9.17, 15) is 0 Å². The molecule has 0 amide bonds. The standard InChI is InChI=1S/C8H16O2/c1-8(2-3-8)4-7(5-9)6-10/h7,9-10H,2-6H2,1H3. The van der Waals surface area contributed by atoms with Crippen LogP contribution in [0.3, 0.4) is 0 Å². The average molecular weight is 144 g/mol. The fourth-order valence-corrected chi connectivity index (χ4v) is 1.30. The summed E-state index contributed by atoms with van der Waals surface area (Å²) in [7, 11) is 0. The minimum absolute atomic E-state index is 0.118. The lowest BCUT2D eigenvalue weighted by Crippen LogP contribution is -2.15. The Morgan fingerprint density at radius 3 is 2.10 bits per heavy atom. The van der Waals surface area contributed by atoms with Gasteiger partial charge in [-0.1, -0.05) is 6.92 Å². The van der Waals surface area contributed by atoms with Crippen LogP contribution < -0.4 is 0 Å². The van der Waals surface area contributed by atoms with Gasteiger partial charge >= 0.3 is 0 Å². The van der Waals surface area contributed by atoms with E-state index in [4.69, 9.17) is 10.2 Å². The van der Waals surface area contributed by atoms with Gasteiger partial charge < -0.3 is 10.2 Å². The summed E-state index contributed by atoms with van der Waals surface area (Å²) < 4.78 is 0. The Hall–Kier alpha value is -0.0800. The number of aliphatic hydroxyl groups is 2. The molecule has 10 heavy (non-hydrogen) atoms. The molecule has 0 aromatic rings. The van der Waals surface area contributed by atoms with E-state index in [2.05, 4.69) is 6.92 Å². The van der Waals surface area contributed by atoms with Gasteiger partial charge in [0.25, 0.3) is 0 Å². The van der Waals surface area contributed by atoms with Crippen molar-refractivity contribution < 1.29 is 10.2 Å². The highest BCUT2D eigenvalue weighted by Gasteiger charge is 2.38. The van der Waals surface area contributed by atoms with E-state index >= 15 is 0 Å². The van der Waals surface area contributed by atoms with Gasteiger partial charge in [0.05, 0.1) is 0 Å². The third-order valence-electron chi connectivity index (χ3n) is 2.40. The van der Waals surface area contributed by atoms with E-state index in [0.29, 0.717) is 5.41 Å². The Labute approximate surface area is 61.9 Å². The minimum Gasteiger partial charge on any atom is -0.396 e. The van der Waals surface area contributed by atoms with Gasteiger partial charge in [0, 0.05) is 19.1 Å². The van der Waals surface area contributed by atoms with Crippen molar-refractivity contribution in [1.29, 1.82) is 0 Å². The van der Waals surface area contributed by atoms with Crippen LogP contribution >= 0.6 is 0 Å². The molecule has 0 spiro atoms. The maximum absolute atomic E-state index is 8.76. The number of hydrogen-bond donors (Lipinski definition) is 2. The van der Waals surface area contributed by atoms with Gasteiger partial charge in [-0.25, -0.2) is 0 Å². The zero-order valence-electron chi connectivity index (χ0n) is 6.51. The van der Waals surface area contributed by atoms with E-state index in [1.807, 2.05) is 0 Å². The molecular formula is C8H16O2. The average Bonchev–Trinajstić information content (AvgIpc) is 2.64. The van der Waals surface area contributed by atoms with E-state index in [0.717, 1.165) is 6.42 Å². The number of hydrogen-bond acceptors (Lipinski definition) is 2. The molecule has 0 saturated heterocycles. The number of aliphatic hydroxyl groups excluding tert-OH is 2. The summed E-state index contributed by atoms with van der Waals surface area (Å²) >= 11 is 0. The van der Waals surface area contributed by atoms with E-state index in [-0.39, 0.29) is 19.1 Å². The van der Waals surface area contributed by atoms with Gasteiger partial charge in [-0.15, -0.1) is 0 Å². The highest BCUT2D eigenvalue weighted by Crippen LogP contribution is 2.49. The molecule has 0 radical (unpaired) electrons. The zero-order valence-corrected chi connectivity index (χ0v) is 6.51. The molecule has 2 N–H and O–H groups in total. The SMILES string of the molecule is CC1(CC(CO)CO)CC1. The van der Waals surface area contributed by atoms with E-state index in [1.165, 1.54) is 12.8 Å². The summed E-state index contributed by atoms with van der Waals surface area (Å²) in [6, 6.07) is 0. The van der Waals surface area contributed by atoms with Gasteiger partial charge in [-0.05, 0) is 24.7 Å². The highest BCUT2D eigenvalue weighted by atomic mass is 16.3. The van der Waals surface area contributed by atoms with Gasteiger partial charge in [0.2, 0.25) is 0 Å². The van der Waals surface area contributed by atoms with Crippen LogP contribution in [0.2, 0.25) is 0 Å². The van der Waals surface area contributed by atoms with E-state index in [1.54, 1.807) is 0 Å². The first-order valence-electron chi connectivity index (χ1n) is 3.92. The van der Waals surface area contributed by atoms with Crippen molar-refractivity contribution in [2.45, 2.75) is 26.2 Å². The van der Waals surface area contributed by atoms with Crippen molar-refractivity contribution in [3.63, 3.8) is 0 Å². The summed E-state index contributed by atoms with van der Waals surface area (Å²) in [6.07, 6.45) is 3.52. The molecule has 1 saturated carbocycles. The normalized spacial score (nSPS) is 21.6. The largest absolute Gasteiger partial charge is 0.396 e. The molecule has 0 bridgehead atoms. The second-order valence-corrected chi connectivity index (χ2v) is 3.75. The Kier molecular flexibility index (Phi) is 2.32. The van der Waals surface area contributed by atoms with Crippen molar-refractivity contribution in [3.8, 4) is 0 Å². The van der Waals surface area contributed by atoms with Crippen molar-refractivity contribution in [1.82, 2.24) is 0 Å². The van der Waals surface area contributed by atoms with Crippen molar-refractivity contribution >= 4 is 0 Å². The van der Waals surface area contributed by atoms with Crippen molar-refractivity contribution in [3.05, 3.63) is 0 Å². The topological polar surface area (TPSA) is 40.5 Å². The molecule has 2 heteroatoms. The third-order valence-corrected chi connectivity index (χ3v) is 2.40. The Bertz CT molecular complexity index is 104. The molecule has 0 atom stereocenters. The molecule has 0 aliphatic heterocycles. The first-order chi connectivity index (χ1) is 4.70. The molecule has 1 aliphatic carbocycles. The lowest BCUT2D eigenvalue weighted by atomic mass is 9.95. The second kappa shape index (κ2) is 2.89. The Morgan fingerprint density at radius 2 is 1.80 bits per heavy atom. The Morgan fingerprint density at radius 1 is 1.30 bits per heavy atom. The summed E-state index contributed by atoms with van der Waals surface area (Å²) in [4.78, 5) is 0. The van der Waals surface area contributed by atoms with E-state index < -0.39 is 0 Å². The maximum atomic E-state index is 8.76. The molecule has 0 unspecified atom stereocenters. The summed E-state index contributed by atoms with van der Waals surface area (Å²) in [6.45, 7) is 2.48. The molecule has 0 heterocycles. The van der Waals surface area contributed by atoms with Crippen molar-refractivity contribution in [2.75, 3.05) is 13.2 Å². The third kappa shape index (κ3) is 1.96. The highest BCUT2D eigenvalue weighted by molar-refractivity contribution is 4.89. The van der Waals surface area contributed by atoms with Crippen LogP contribution in [-0.4, -0.2) is 23.4 Å². The lowest BCUT2D eigenvalue weighted by Gasteiger charge is -2.14.